The standard InChI is InChI=1S/C32H22/c1-3-8-23(9-4-1)14-16-27-22-28(17-15-24-10-5-2-6-11-24)30-21-19-26-13-7-12-25-18-20-29(27)32(30)31(25)26/h1-22H. The van der Waals surface area contributed by atoms with Gasteiger partial charge in [0.15, 0.2) is 0 Å². The quantitative estimate of drug-likeness (QED) is 0.202. The predicted molar refractivity (Wildman–Crippen MR) is 141 cm³/mol. The maximum Gasteiger partial charge on any atom is -0.00148 e. The van der Waals surface area contributed by atoms with Crippen molar-refractivity contribution in [2.45, 2.75) is 0 Å². The van der Waals surface area contributed by atoms with Crippen molar-refractivity contribution < 1.29 is 0 Å². The number of hydrogen-bond acceptors (Lipinski definition) is 0. The Bertz CT molecular complexity index is 1470. The highest BCUT2D eigenvalue weighted by Gasteiger charge is 2.12. The minimum atomic E-state index is 1.21. The van der Waals surface area contributed by atoms with E-state index >= 15 is 0 Å². The van der Waals surface area contributed by atoms with Crippen LogP contribution in [0.4, 0.5) is 0 Å². The van der Waals surface area contributed by atoms with Gasteiger partial charge in [-0.05, 0) is 60.6 Å². The minimum absolute atomic E-state index is 1.21. The average molecular weight is 407 g/mol. The highest BCUT2D eigenvalue weighted by atomic mass is 14.2. The first-order valence-corrected chi connectivity index (χ1v) is 11.0. The van der Waals surface area contributed by atoms with Crippen LogP contribution in [0, 0.1) is 0 Å². The lowest BCUT2D eigenvalue weighted by Crippen LogP contribution is -1.89. The molecule has 0 radical (unpaired) electrons. The second-order valence-electron chi connectivity index (χ2n) is 8.22. The molecular formula is C32H22. The van der Waals surface area contributed by atoms with E-state index in [1.165, 1.54) is 54.6 Å². The first-order chi connectivity index (χ1) is 15.9. The summed E-state index contributed by atoms with van der Waals surface area (Å²) in [5, 5.41) is 7.89. The molecule has 0 nitrogen and oxygen atoms in total. The van der Waals surface area contributed by atoms with Crippen LogP contribution >= 0.6 is 0 Å². The Morgan fingerprint density at radius 3 is 1.38 bits per heavy atom. The van der Waals surface area contributed by atoms with Crippen LogP contribution in [0.3, 0.4) is 0 Å². The maximum absolute atomic E-state index is 2.32. The first-order valence-electron chi connectivity index (χ1n) is 11.0. The first kappa shape index (κ1) is 18.6. The van der Waals surface area contributed by atoms with Gasteiger partial charge in [0.05, 0.1) is 0 Å². The lowest BCUT2D eigenvalue weighted by molar-refractivity contribution is 1.66. The van der Waals surface area contributed by atoms with Crippen LogP contribution in [0.1, 0.15) is 22.3 Å². The molecule has 6 aromatic carbocycles. The van der Waals surface area contributed by atoms with Gasteiger partial charge in [0.25, 0.3) is 0 Å². The summed E-state index contributed by atoms with van der Waals surface area (Å²) in [6.07, 6.45) is 8.91. The Balaban J connectivity index is 1.62. The second kappa shape index (κ2) is 7.83. The van der Waals surface area contributed by atoms with Crippen LogP contribution in [0.25, 0.3) is 56.6 Å². The Labute approximate surface area is 188 Å². The SMILES string of the molecule is C(=Cc1cc(C=Cc2ccccc2)c2ccc3cccc4ccc1c2c43)c1ccccc1. The minimum Gasteiger partial charge on any atom is -0.0622 e. The Morgan fingerprint density at radius 2 is 0.875 bits per heavy atom. The van der Waals surface area contributed by atoms with Gasteiger partial charge >= 0.3 is 0 Å². The van der Waals surface area contributed by atoms with E-state index in [4.69, 9.17) is 0 Å². The van der Waals surface area contributed by atoms with E-state index in [1.807, 2.05) is 0 Å². The van der Waals surface area contributed by atoms with Crippen molar-refractivity contribution in [2.75, 3.05) is 0 Å². The van der Waals surface area contributed by atoms with Gasteiger partial charge in [-0.2, -0.15) is 0 Å². The molecule has 0 unspecified atom stereocenters. The molecule has 0 amide bonds. The lowest BCUT2D eigenvalue weighted by Gasteiger charge is -2.15. The molecule has 0 aliphatic carbocycles. The molecule has 32 heavy (non-hydrogen) atoms. The van der Waals surface area contributed by atoms with E-state index in [2.05, 4.69) is 133 Å². The van der Waals surface area contributed by atoms with E-state index < -0.39 is 0 Å². The fourth-order valence-corrected chi connectivity index (χ4v) is 4.66. The van der Waals surface area contributed by atoms with Crippen LogP contribution in [-0.4, -0.2) is 0 Å². The van der Waals surface area contributed by atoms with Gasteiger partial charge in [-0.15, -0.1) is 0 Å². The third-order valence-corrected chi connectivity index (χ3v) is 6.22. The molecule has 0 fully saturated rings. The van der Waals surface area contributed by atoms with Gasteiger partial charge < -0.3 is 0 Å². The summed E-state index contributed by atoms with van der Waals surface area (Å²) in [6.45, 7) is 0. The predicted octanol–water partition coefficient (Wildman–Crippen LogP) is 8.92. The van der Waals surface area contributed by atoms with Gasteiger partial charge in [0.1, 0.15) is 0 Å². The van der Waals surface area contributed by atoms with Crippen molar-refractivity contribution in [1.29, 1.82) is 0 Å². The molecule has 0 heterocycles. The van der Waals surface area contributed by atoms with Crippen LogP contribution < -0.4 is 0 Å². The number of rotatable bonds is 4. The Hall–Kier alpha value is -4.16. The third-order valence-electron chi connectivity index (χ3n) is 6.22. The average Bonchev–Trinajstić information content (AvgIpc) is 2.86. The van der Waals surface area contributed by atoms with Crippen molar-refractivity contribution >= 4 is 56.6 Å². The van der Waals surface area contributed by atoms with Gasteiger partial charge in [0, 0.05) is 0 Å². The molecule has 0 saturated carbocycles. The fraction of sp³-hybridized carbons (Fsp3) is 0. The molecule has 0 heteroatoms. The van der Waals surface area contributed by atoms with Crippen LogP contribution in [0.15, 0.2) is 109 Å². The highest BCUT2D eigenvalue weighted by molar-refractivity contribution is 6.25. The Morgan fingerprint density at radius 1 is 0.375 bits per heavy atom. The van der Waals surface area contributed by atoms with Crippen LogP contribution in [0.5, 0.6) is 0 Å². The van der Waals surface area contributed by atoms with E-state index in [9.17, 15) is 0 Å². The van der Waals surface area contributed by atoms with Gasteiger partial charge in [-0.25, -0.2) is 0 Å². The molecule has 0 N–H and O–H groups in total. The van der Waals surface area contributed by atoms with E-state index in [1.54, 1.807) is 0 Å². The summed E-state index contributed by atoms with van der Waals surface area (Å²) in [5.74, 6) is 0. The van der Waals surface area contributed by atoms with Gasteiger partial charge in [-0.1, -0.05) is 127 Å². The number of hydrogen-bond donors (Lipinski definition) is 0. The van der Waals surface area contributed by atoms with E-state index in [0.29, 0.717) is 0 Å². The lowest BCUT2D eigenvalue weighted by atomic mass is 9.89. The smallest absolute Gasteiger partial charge is 0.00148 e. The molecular weight excluding hydrogens is 384 g/mol. The molecule has 6 aromatic rings. The molecule has 0 aliphatic heterocycles. The summed E-state index contributed by atoms with van der Waals surface area (Å²) in [4.78, 5) is 0. The van der Waals surface area contributed by atoms with Gasteiger partial charge in [-0.3, -0.25) is 0 Å². The molecule has 0 aliphatic rings. The largest absolute Gasteiger partial charge is 0.0622 e. The van der Waals surface area contributed by atoms with Crippen molar-refractivity contribution in [3.8, 4) is 0 Å². The van der Waals surface area contributed by atoms with E-state index in [0.717, 1.165) is 0 Å². The molecule has 0 aromatic heterocycles. The summed E-state index contributed by atoms with van der Waals surface area (Å²) < 4.78 is 0. The molecule has 0 atom stereocenters. The molecule has 6 rings (SSSR count). The zero-order chi connectivity index (χ0) is 21.3. The normalized spacial score (nSPS) is 12.1. The van der Waals surface area contributed by atoms with Crippen LogP contribution in [0.2, 0.25) is 0 Å². The van der Waals surface area contributed by atoms with Crippen molar-refractivity contribution in [1.82, 2.24) is 0 Å². The van der Waals surface area contributed by atoms with Crippen molar-refractivity contribution in [3.05, 3.63) is 131 Å². The molecule has 0 spiro atoms. The monoisotopic (exact) mass is 406 g/mol. The van der Waals surface area contributed by atoms with E-state index in [-0.39, 0.29) is 0 Å². The van der Waals surface area contributed by atoms with Gasteiger partial charge in [0.2, 0.25) is 0 Å². The maximum atomic E-state index is 2.32. The summed E-state index contributed by atoms with van der Waals surface area (Å²) >= 11 is 0. The number of benzene rings is 6. The summed E-state index contributed by atoms with van der Waals surface area (Å²) in [5.41, 5.74) is 4.90. The van der Waals surface area contributed by atoms with Crippen molar-refractivity contribution in [2.24, 2.45) is 0 Å². The Kier molecular flexibility index (Phi) is 4.55. The topological polar surface area (TPSA) is 0 Å². The molecule has 150 valence electrons. The zero-order valence-corrected chi connectivity index (χ0v) is 17.7. The molecule has 0 bridgehead atoms. The summed E-state index contributed by atoms with van der Waals surface area (Å²) in [7, 11) is 0. The second-order valence-corrected chi connectivity index (χ2v) is 8.22. The molecule has 0 saturated heterocycles. The fourth-order valence-electron chi connectivity index (χ4n) is 4.66. The van der Waals surface area contributed by atoms with Crippen LogP contribution in [-0.2, 0) is 0 Å². The highest BCUT2D eigenvalue weighted by Crippen LogP contribution is 2.38. The third kappa shape index (κ3) is 3.27. The zero-order valence-electron chi connectivity index (χ0n) is 17.7. The van der Waals surface area contributed by atoms with Crippen molar-refractivity contribution in [3.63, 3.8) is 0 Å². The summed E-state index contributed by atoms with van der Waals surface area (Å²) in [6, 6.07) is 39.0.